The van der Waals surface area contributed by atoms with Crippen LogP contribution in [0.25, 0.3) is 0 Å². The number of unbranched alkanes of at least 4 members (excludes halogenated alkanes) is 3. The first-order valence-electron chi connectivity index (χ1n) is 11.2. The molecular formula is C25H33NO4. The van der Waals surface area contributed by atoms with Gasteiger partial charge in [0.25, 0.3) is 0 Å². The third-order valence-corrected chi connectivity index (χ3v) is 6.28. The van der Waals surface area contributed by atoms with Crippen molar-refractivity contribution in [1.82, 2.24) is 4.90 Å². The van der Waals surface area contributed by atoms with E-state index in [1.165, 1.54) is 18.4 Å². The normalized spacial score (nSPS) is 29.5. The Balaban J connectivity index is 1.25. The summed E-state index contributed by atoms with van der Waals surface area (Å²) in [4.78, 5) is 2.24. The van der Waals surface area contributed by atoms with E-state index in [9.17, 15) is 10.2 Å². The zero-order valence-corrected chi connectivity index (χ0v) is 17.5. The number of fused-ring (bicyclic) bond motifs is 1. The van der Waals surface area contributed by atoms with E-state index < -0.39 is 24.6 Å². The Labute approximate surface area is 179 Å². The molecule has 0 saturated carbocycles. The topological polar surface area (TPSA) is 62.2 Å². The standard InChI is InChI=1S/C25H33NO4/c27-22-17-26(16-10-2-1-5-11-19-12-6-3-7-13-19)21-18-29-25(30-24(21)23(22)28)20-14-8-4-9-15-20/h3-4,6-9,12-15,21-25,27-28H,1-2,5,10-11,16-18H2/t21?,22-,23+,24+,25?/m0/s1. The van der Waals surface area contributed by atoms with Gasteiger partial charge in [-0.25, -0.2) is 0 Å². The van der Waals surface area contributed by atoms with E-state index in [4.69, 9.17) is 9.47 Å². The highest BCUT2D eigenvalue weighted by Gasteiger charge is 2.46. The molecule has 0 bridgehead atoms. The number of hydrogen-bond donors (Lipinski definition) is 2. The summed E-state index contributed by atoms with van der Waals surface area (Å²) in [6.45, 7) is 1.86. The van der Waals surface area contributed by atoms with Crippen molar-refractivity contribution in [2.45, 2.75) is 62.7 Å². The minimum atomic E-state index is -0.882. The van der Waals surface area contributed by atoms with Crippen molar-refractivity contribution in [3.05, 3.63) is 71.8 Å². The molecule has 2 aromatic carbocycles. The molecule has 0 aliphatic carbocycles. The summed E-state index contributed by atoms with van der Waals surface area (Å²) in [5, 5.41) is 20.9. The van der Waals surface area contributed by atoms with E-state index in [0.717, 1.165) is 31.4 Å². The first-order chi connectivity index (χ1) is 14.7. The van der Waals surface area contributed by atoms with E-state index in [0.29, 0.717) is 13.2 Å². The van der Waals surface area contributed by atoms with Gasteiger partial charge in [-0.2, -0.15) is 0 Å². The fourth-order valence-electron chi connectivity index (χ4n) is 4.56. The van der Waals surface area contributed by atoms with Gasteiger partial charge in [-0.3, -0.25) is 4.90 Å². The minimum absolute atomic E-state index is 0.0207. The third-order valence-electron chi connectivity index (χ3n) is 6.28. The van der Waals surface area contributed by atoms with Gasteiger partial charge in [0, 0.05) is 12.1 Å². The first kappa shape index (κ1) is 21.5. The Hall–Kier alpha value is -1.76. The van der Waals surface area contributed by atoms with Crippen molar-refractivity contribution >= 4 is 0 Å². The summed E-state index contributed by atoms with van der Waals surface area (Å²) in [6, 6.07) is 20.4. The molecule has 4 rings (SSSR count). The predicted molar refractivity (Wildman–Crippen MR) is 116 cm³/mol. The fraction of sp³-hybridized carbons (Fsp3) is 0.520. The number of likely N-dealkylation sites (tertiary alicyclic amines) is 1. The number of β-amino-alcohol motifs (C(OH)–C–C–N with tert-alkyl or cyclic N) is 1. The van der Waals surface area contributed by atoms with Crippen molar-refractivity contribution in [3.8, 4) is 0 Å². The number of benzene rings is 2. The van der Waals surface area contributed by atoms with E-state index in [1.54, 1.807) is 0 Å². The average molecular weight is 412 g/mol. The summed E-state index contributed by atoms with van der Waals surface area (Å²) in [7, 11) is 0. The molecule has 2 aromatic rings. The first-order valence-corrected chi connectivity index (χ1v) is 11.2. The number of ether oxygens (including phenoxy) is 2. The van der Waals surface area contributed by atoms with Gasteiger partial charge >= 0.3 is 0 Å². The molecule has 5 heteroatoms. The maximum absolute atomic E-state index is 10.5. The number of nitrogens with zero attached hydrogens (tertiary/aromatic N) is 1. The molecule has 5 nitrogen and oxygen atoms in total. The predicted octanol–water partition coefficient (Wildman–Crippen LogP) is 3.31. The summed E-state index contributed by atoms with van der Waals surface area (Å²) in [6.07, 6.45) is 3.15. The second kappa shape index (κ2) is 10.5. The highest BCUT2D eigenvalue weighted by atomic mass is 16.7. The number of piperidine rings is 1. The summed E-state index contributed by atoms with van der Waals surface area (Å²) in [5.74, 6) is 0. The molecule has 0 radical (unpaired) electrons. The Morgan fingerprint density at radius 3 is 2.33 bits per heavy atom. The number of aliphatic hydroxyl groups excluding tert-OH is 2. The SMILES string of the molecule is O[C@H]1[C@@H]2OC(c3ccccc3)OCC2N(CCCCCCc2ccccc2)C[C@@H]1O. The molecule has 0 amide bonds. The Morgan fingerprint density at radius 2 is 1.57 bits per heavy atom. The van der Waals surface area contributed by atoms with Gasteiger partial charge in [0.1, 0.15) is 12.2 Å². The molecule has 2 fully saturated rings. The molecule has 2 heterocycles. The van der Waals surface area contributed by atoms with Crippen molar-refractivity contribution in [1.29, 1.82) is 0 Å². The van der Waals surface area contributed by atoms with Crippen LogP contribution in [-0.2, 0) is 15.9 Å². The molecule has 2 aliphatic heterocycles. The molecule has 30 heavy (non-hydrogen) atoms. The third kappa shape index (κ3) is 5.29. The van der Waals surface area contributed by atoms with E-state index in [1.807, 2.05) is 30.3 Å². The van der Waals surface area contributed by atoms with Crippen molar-refractivity contribution in [3.63, 3.8) is 0 Å². The maximum Gasteiger partial charge on any atom is 0.184 e. The maximum atomic E-state index is 10.5. The summed E-state index contributed by atoms with van der Waals surface area (Å²) >= 11 is 0. The Kier molecular flexibility index (Phi) is 7.52. The van der Waals surface area contributed by atoms with Crippen LogP contribution in [0.2, 0.25) is 0 Å². The number of aliphatic hydroxyl groups is 2. The number of aryl methyl sites for hydroxylation is 1. The van der Waals surface area contributed by atoms with Crippen LogP contribution in [0.15, 0.2) is 60.7 Å². The molecule has 2 unspecified atom stereocenters. The van der Waals surface area contributed by atoms with Gasteiger partial charge in [-0.15, -0.1) is 0 Å². The number of rotatable bonds is 8. The second-order valence-electron chi connectivity index (χ2n) is 8.45. The van der Waals surface area contributed by atoms with Gasteiger partial charge in [0.15, 0.2) is 6.29 Å². The molecule has 2 saturated heterocycles. The Morgan fingerprint density at radius 1 is 0.867 bits per heavy atom. The van der Waals surface area contributed by atoms with E-state index >= 15 is 0 Å². The van der Waals surface area contributed by atoms with Crippen LogP contribution >= 0.6 is 0 Å². The van der Waals surface area contributed by atoms with Crippen molar-refractivity contribution in [2.75, 3.05) is 19.7 Å². The lowest BCUT2D eigenvalue weighted by molar-refractivity contribution is -0.287. The zero-order valence-electron chi connectivity index (χ0n) is 17.5. The van der Waals surface area contributed by atoms with Gasteiger partial charge in [0.05, 0.1) is 18.8 Å². The molecule has 0 aromatic heterocycles. The van der Waals surface area contributed by atoms with Gasteiger partial charge in [0.2, 0.25) is 0 Å². The van der Waals surface area contributed by atoms with Gasteiger partial charge < -0.3 is 19.7 Å². The zero-order chi connectivity index (χ0) is 20.8. The summed E-state index contributed by atoms with van der Waals surface area (Å²) in [5.41, 5.74) is 2.34. The highest BCUT2D eigenvalue weighted by Crippen LogP contribution is 2.33. The monoisotopic (exact) mass is 411 g/mol. The molecular weight excluding hydrogens is 378 g/mol. The quantitative estimate of drug-likeness (QED) is 0.653. The van der Waals surface area contributed by atoms with Crippen LogP contribution in [0.1, 0.15) is 43.1 Å². The summed E-state index contributed by atoms with van der Waals surface area (Å²) < 4.78 is 12.1. The fourth-order valence-corrected chi connectivity index (χ4v) is 4.56. The van der Waals surface area contributed by atoms with Crippen LogP contribution in [-0.4, -0.2) is 59.2 Å². The second-order valence-corrected chi connectivity index (χ2v) is 8.45. The smallest absolute Gasteiger partial charge is 0.184 e. The van der Waals surface area contributed by atoms with Crippen molar-refractivity contribution < 1.29 is 19.7 Å². The lowest BCUT2D eigenvalue weighted by atomic mass is 9.92. The van der Waals surface area contributed by atoms with Crippen LogP contribution < -0.4 is 0 Å². The molecule has 0 spiro atoms. The molecule has 2 aliphatic rings. The minimum Gasteiger partial charge on any atom is -0.389 e. The highest BCUT2D eigenvalue weighted by molar-refractivity contribution is 5.17. The molecule has 2 N–H and O–H groups in total. The average Bonchev–Trinajstić information content (AvgIpc) is 2.80. The lowest BCUT2D eigenvalue weighted by Crippen LogP contribution is -2.65. The van der Waals surface area contributed by atoms with Crippen LogP contribution in [0.3, 0.4) is 0 Å². The van der Waals surface area contributed by atoms with Gasteiger partial charge in [-0.1, -0.05) is 73.5 Å². The van der Waals surface area contributed by atoms with Crippen LogP contribution in [0.5, 0.6) is 0 Å². The molecule has 162 valence electrons. The largest absolute Gasteiger partial charge is 0.389 e. The molecule has 5 atom stereocenters. The van der Waals surface area contributed by atoms with Crippen molar-refractivity contribution in [2.24, 2.45) is 0 Å². The van der Waals surface area contributed by atoms with E-state index in [2.05, 4.69) is 35.2 Å². The van der Waals surface area contributed by atoms with Gasteiger partial charge in [-0.05, 0) is 31.4 Å². The number of hydrogen-bond acceptors (Lipinski definition) is 5. The Bertz CT molecular complexity index is 756. The van der Waals surface area contributed by atoms with E-state index in [-0.39, 0.29) is 6.04 Å². The van der Waals surface area contributed by atoms with Crippen LogP contribution in [0, 0.1) is 0 Å². The lowest BCUT2D eigenvalue weighted by Gasteiger charge is -2.49. The van der Waals surface area contributed by atoms with Crippen LogP contribution in [0.4, 0.5) is 0 Å².